The first-order valence-electron chi connectivity index (χ1n) is 5.85. The predicted octanol–water partition coefficient (Wildman–Crippen LogP) is 2.55. The molecule has 17 heavy (non-hydrogen) atoms. The second kappa shape index (κ2) is 4.56. The normalized spacial score (nSPS) is 23.4. The van der Waals surface area contributed by atoms with Gasteiger partial charge in [0.05, 0.1) is 17.3 Å². The van der Waals surface area contributed by atoms with Crippen LogP contribution in [0, 0.1) is 0 Å². The molecule has 1 aromatic rings. The molecule has 1 N–H and O–H groups in total. The van der Waals surface area contributed by atoms with E-state index in [1.54, 1.807) is 6.07 Å². The van der Waals surface area contributed by atoms with Gasteiger partial charge in [0.1, 0.15) is 0 Å². The minimum absolute atomic E-state index is 0.472. The summed E-state index contributed by atoms with van der Waals surface area (Å²) in [5.41, 5.74) is 1.03. The molecule has 3 nitrogen and oxygen atoms in total. The summed E-state index contributed by atoms with van der Waals surface area (Å²) in [6.07, 6.45) is 1.01. The zero-order chi connectivity index (χ0) is 11.8. The molecule has 0 radical (unpaired) electrons. The van der Waals surface area contributed by atoms with Gasteiger partial charge in [0.25, 0.3) is 0 Å². The topological polar surface area (TPSA) is 24.5 Å². The lowest BCUT2D eigenvalue weighted by Crippen LogP contribution is -2.51. The van der Waals surface area contributed by atoms with Crippen LogP contribution in [-0.2, 0) is 0 Å². The molecule has 5 heteroatoms. The van der Waals surface area contributed by atoms with Crippen molar-refractivity contribution < 1.29 is 4.74 Å². The molecule has 2 heterocycles. The molecule has 0 aromatic heterocycles. The molecule has 2 aliphatic heterocycles. The van der Waals surface area contributed by atoms with Crippen molar-refractivity contribution in [1.82, 2.24) is 5.32 Å². The largest absolute Gasteiger partial charge is 0.490 e. The molecule has 92 valence electrons. The maximum Gasteiger partial charge on any atom is 0.161 e. The van der Waals surface area contributed by atoms with Crippen LogP contribution < -0.4 is 15.0 Å². The van der Waals surface area contributed by atoms with E-state index in [0.717, 1.165) is 37.5 Å². The molecule has 0 bridgehead atoms. The van der Waals surface area contributed by atoms with Crippen molar-refractivity contribution in [1.29, 1.82) is 0 Å². The fourth-order valence-corrected chi connectivity index (χ4v) is 3.07. The van der Waals surface area contributed by atoms with Crippen LogP contribution in [0.3, 0.4) is 0 Å². The minimum atomic E-state index is 0.472. The second-order valence-corrected chi connectivity index (χ2v) is 5.27. The quantitative estimate of drug-likeness (QED) is 0.786. The Bertz CT molecular complexity index is 439. The van der Waals surface area contributed by atoms with Crippen molar-refractivity contribution in [2.45, 2.75) is 12.5 Å². The standard InChI is InChI=1S/C12H14Cl2N2O/c13-8-5-10(14)12-11(6-8)16-3-2-15-7-9(16)1-4-17-12/h5-6,9,15H,1-4,7H2/t9-/m0/s1. The molecular weight excluding hydrogens is 259 g/mol. The maximum absolute atomic E-state index is 6.20. The average Bonchev–Trinajstić information content (AvgIpc) is 2.49. The highest BCUT2D eigenvalue weighted by molar-refractivity contribution is 6.36. The van der Waals surface area contributed by atoms with Gasteiger partial charge in [-0.2, -0.15) is 0 Å². The van der Waals surface area contributed by atoms with E-state index in [0.29, 0.717) is 22.7 Å². The summed E-state index contributed by atoms with van der Waals surface area (Å²) in [5.74, 6) is 0.778. The van der Waals surface area contributed by atoms with Crippen LogP contribution in [0.2, 0.25) is 10.0 Å². The summed E-state index contributed by atoms with van der Waals surface area (Å²) in [6.45, 7) is 3.65. The van der Waals surface area contributed by atoms with Gasteiger partial charge in [0, 0.05) is 37.1 Å². The van der Waals surface area contributed by atoms with E-state index in [4.69, 9.17) is 27.9 Å². The maximum atomic E-state index is 6.20. The first-order chi connectivity index (χ1) is 8.25. The lowest BCUT2D eigenvalue weighted by atomic mass is 10.1. The van der Waals surface area contributed by atoms with Crippen LogP contribution in [-0.4, -0.2) is 32.3 Å². The van der Waals surface area contributed by atoms with E-state index in [2.05, 4.69) is 10.2 Å². The van der Waals surface area contributed by atoms with E-state index in [9.17, 15) is 0 Å². The molecule has 0 amide bonds. The lowest BCUT2D eigenvalue weighted by molar-refractivity contribution is 0.304. The number of ether oxygens (including phenoxy) is 1. The first kappa shape index (κ1) is 11.5. The van der Waals surface area contributed by atoms with Crippen molar-refractivity contribution in [3.63, 3.8) is 0 Å². The zero-order valence-electron chi connectivity index (χ0n) is 9.38. The van der Waals surface area contributed by atoms with Crippen molar-refractivity contribution in [3.8, 4) is 5.75 Å². The van der Waals surface area contributed by atoms with Gasteiger partial charge in [-0.05, 0) is 12.1 Å². The Morgan fingerprint density at radius 3 is 3.12 bits per heavy atom. The number of hydrogen-bond donors (Lipinski definition) is 1. The van der Waals surface area contributed by atoms with Crippen LogP contribution in [0.5, 0.6) is 5.75 Å². The number of fused-ring (bicyclic) bond motifs is 3. The minimum Gasteiger partial charge on any atom is -0.490 e. The van der Waals surface area contributed by atoms with Crippen molar-refractivity contribution in [2.75, 3.05) is 31.1 Å². The Balaban J connectivity index is 2.07. The molecule has 1 fully saturated rings. The highest BCUT2D eigenvalue weighted by atomic mass is 35.5. The molecule has 1 aromatic carbocycles. The van der Waals surface area contributed by atoms with Gasteiger partial charge in [-0.1, -0.05) is 23.2 Å². The van der Waals surface area contributed by atoms with Gasteiger partial charge in [0.2, 0.25) is 0 Å². The van der Waals surface area contributed by atoms with Gasteiger partial charge in [0.15, 0.2) is 5.75 Å². The Hall–Kier alpha value is -0.640. The first-order valence-corrected chi connectivity index (χ1v) is 6.60. The zero-order valence-corrected chi connectivity index (χ0v) is 10.9. The third-order valence-electron chi connectivity index (χ3n) is 3.35. The summed E-state index contributed by atoms with van der Waals surface area (Å²) in [5, 5.41) is 4.68. The van der Waals surface area contributed by atoms with E-state index in [-0.39, 0.29) is 0 Å². The van der Waals surface area contributed by atoms with Crippen LogP contribution in [0.1, 0.15) is 6.42 Å². The average molecular weight is 273 g/mol. The Morgan fingerprint density at radius 2 is 2.24 bits per heavy atom. The van der Waals surface area contributed by atoms with Crippen LogP contribution in [0.25, 0.3) is 0 Å². The van der Waals surface area contributed by atoms with Gasteiger partial charge in [-0.3, -0.25) is 0 Å². The third kappa shape index (κ3) is 2.07. The van der Waals surface area contributed by atoms with E-state index in [1.165, 1.54) is 0 Å². The van der Waals surface area contributed by atoms with Crippen LogP contribution in [0.4, 0.5) is 5.69 Å². The summed E-state index contributed by atoms with van der Waals surface area (Å²) >= 11 is 12.3. The number of nitrogens with zero attached hydrogens (tertiary/aromatic N) is 1. The highest BCUT2D eigenvalue weighted by Crippen LogP contribution is 2.41. The summed E-state index contributed by atoms with van der Waals surface area (Å²) in [6, 6.07) is 4.16. The lowest BCUT2D eigenvalue weighted by Gasteiger charge is -2.36. The fourth-order valence-electron chi connectivity index (χ4n) is 2.54. The number of rotatable bonds is 0. The van der Waals surface area contributed by atoms with Gasteiger partial charge in [-0.15, -0.1) is 0 Å². The molecule has 0 aliphatic carbocycles. The van der Waals surface area contributed by atoms with E-state index < -0.39 is 0 Å². The predicted molar refractivity (Wildman–Crippen MR) is 70.6 cm³/mol. The number of nitrogens with one attached hydrogen (secondary N) is 1. The second-order valence-electron chi connectivity index (χ2n) is 4.42. The molecule has 1 saturated heterocycles. The summed E-state index contributed by atoms with van der Waals surface area (Å²) < 4.78 is 5.77. The van der Waals surface area contributed by atoms with Gasteiger partial charge < -0.3 is 15.0 Å². The van der Waals surface area contributed by atoms with E-state index >= 15 is 0 Å². The van der Waals surface area contributed by atoms with Crippen molar-refractivity contribution >= 4 is 28.9 Å². The summed E-state index contributed by atoms with van der Waals surface area (Å²) in [4.78, 5) is 2.36. The van der Waals surface area contributed by atoms with Gasteiger partial charge in [-0.25, -0.2) is 0 Å². The number of halogens is 2. The smallest absolute Gasteiger partial charge is 0.161 e. The molecule has 3 rings (SSSR count). The Kier molecular flexibility index (Phi) is 3.07. The number of hydrogen-bond acceptors (Lipinski definition) is 3. The van der Waals surface area contributed by atoms with Crippen molar-refractivity contribution in [2.24, 2.45) is 0 Å². The molecule has 1 atom stereocenters. The number of benzene rings is 1. The fraction of sp³-hybridized carbons (Fsp3) is 0.500. The highest BCUT2D eigenvalue weighted by Gasteiger charge is 2.28. The molecular formula is C12H14Cl2N2O. The van der Waals surface area contributed by atoms with Crippen molar-refractivity contribution in [3.05, 3.63) is 22.2 Å². The number of anilines is 1. The number of piperazine rings is 1. The van der Waals surface area contributed by atoms with E-state index in [1.807, 2.05) is 6.07 Å². The molecule has 2 aliphatic rings. The Morgan fingerprint density at radius 1 is 1.35 bits per heavy atom. The monoisotopic (exact) mass is 272 g/mol. The van der Waals surface area contributed by atoms with Gasteiger partial charge >= 0.3 is 0 Å². The Labute approximate surface area is 111 Å². The third-order valence-corrected chi connectivity index (χ3v) is 3.84. The SMILES string of the molecule is Clc1cc(Cl)c2c(c1)N1CCNC[C@@H]1CCO2. The molecule has 0 unspecified atom stereocenters. The van der Waals surface area contributed by atoms with Crippen LogP contribution in [0.15, 0.2) is 12.1 Å². The molecule has 0 spiro atoms. The van der Waals surface area contributed by atoms with Crippen LogP contribution >= 0.6 is 23.2 Å². The summed E-state index contributed by atoms with van der Waals surface area (Å²) in [7, 11) is 0. The molecule has 0 saturated carbocycles.